The molecule has 2 unspecified atom stereocenters. The molecule has 1 aromatic heterocycles. The van der Waals surface area contributed by atoms with Crippen LogP contribution in [0.2, 0.25) is 0 Å². The molecule has 1 heterocycles. The highest BCUT2D eigenvalue weighted by Gasteiger charge is 2.62. The van der Waals surface area contributed by atoms with Crippen LogP contribution in [-0.2, 0) is 11.3 Å². The van der Waals surface area contributed by atoms with Crippen LogP contribution in [0, 0.1) is 22.2 Å². The molecule has 4 aliphatic carbocycles. The molecule has 4 fully saturated rings. The van der Waals surface area contributed by atoms with E-state index in [2.05, 4.69) is 24.1 Å². The summed E-state index contributed by atoms with van der Waals surface area (Å²) in [6.07, 6.45) is 6.80. The molecular weight excluding hydrogens is 324 g/mol. The minimum absolute atomic E-state index is 0.0547. The molecule has 5 nitrogen and oxygen atoms in total. The Morgan fingerprint density at radius 2 is 1.92 bits per heavy atom. The maximum Gasteiger partial charge on any atom is 0.355 e. The van der Waals surface area contributed by atoms with Crippen molar-refractivity contribution in [3.8, 4) is 0 Å². The van der Waals surface area contributed by atoms with Crippen molar-refractivity contribution in [3.05, 3.63) is 16.1 Å². The predicted octanol–water partition coefficient (Wildman–Crippen LogP) is 3.45. The summed E-state index contributed by atoms with van der Waals surface area (Å²) < 4.78 is 0. The van der Waals surface area contributed by atoms with Gasteiger partial charge < -0.3 is 10.4 Å². The Kier molecular flexibility index (Phi) is 3.37. The molecule has 4 aliphatic rings. The van der Waals surface area contributed by atoms with Gasteiger partial charge in [0.2, 0.25) is 5.91 Å². The van der Waals surface area contributed by atoms with Gasteiger partial charge in [-0.15, -0.1) is 11.3 Å². The van der Waals surface area contributed by atoms with Gasteiger partial charge in [0.15, 0.2) is 5.69 Å². The van der Waals surface area contributed by atoms with Gasteiger partial charge in [0, 0.05) is 5.38 Å². The van der Waals surface area contributed by atoms with Gasteiger partial charge in [-0.3, -0.25) is 4.79 Å². The number of nitrogens with zero attached hydrogens (tertiary/aromatic N) is 1. The summed E-state index contributed by atoms with van der Waals surface area (Å²) in [4.78, 5) is 28.0. The quantitative estimate of drug-likeness (QED) is 0.873. The summed E-state index contributed by atoms with van der Waals surface area (Å²) in [6.45, 7) is 5.05. The van der Waals surface area contributed by atoms with Crippen LogP contribution in [0.3, 0.4) is 0 Å². The molecule has 4 saturated carbocycles. The van der Waals surface area contributed by atoms with Crippen LogP contribution in [0.1, 0.15) is 67.9 Å². The zero-order valence-corrected chi connectivity index (χ0v) is 15.0. The first-order chi connectivity index (χ1) is 11.2. The first kappa shape index (κ1) is 16.1. The highest BCUT2D eigenvalue weighted by atomic mass is 32.1. The first-order valence-electron chi connectivity index (χ1n) is 8.67. The van der Waals surface area contributed by atoms with E-state index in [4.69, 9.17) is 5.11 Å². The van der Waals surface area contributed by atoms with E-state index in [0.717, 1.165) is 19.3 Å². The summed E-state index contributed by atoms with van der Waals surface area (Å²) in [5.41, 5.74) is 0.446. The molecule has 6 heteroatoms. The number of amides is 1. The summed E-state index contributed by atoms with van der Waals surface area (Å²) in [6, 6.07) is 0. The second kappa shape index (κ2) is 5.04. The van der Waals surface area contributed by atoms with Crippen LogP contribution in [0.4, 0.5) is 0 Å². The fraction of sp³-hybridized carbons (Fsp3) is 0.722. The number of thiazole rings is 1. The number of carbonyl (C=O) groups is 2. The molecule has 0 aromatic carbocycles. The molecule has 0 radical (unpaired) electrons. The zero-order valence-electron chi connectivity index (χ0n) is 14.2. The van der Waals surface area contributed by atoms with Crippen molar-refractivity contribution in [2.75, 3.05) is 0 Å². The van der Waals surface area contributed by atoms with Gasteiger partial charge in [0.05, 0.1) is 12.0 Å². The van der Waals surface area contributed by atoms with Crippen molar-refractivity contribution < 1.29 is 14.7 Å². The number of hydrogen-bond acceptors (Lipinski definition) is 4. The van der Waals surface area contributed by atoms with Crippen molar-refractivity contribution >= 4 is 23.2 Å². The van der Waals surface area contributed by atoms with Crippen LogP contribution in [0.25, 0.3) is 0 Å². The van der Waals surface area contributed by atoms with Crippen molar-refractivity contribution in [1.82, 2.24) is 10.3 Å². The number of carbonyl (C=O) groups excluding carboxylic acids is 1. The number of nitrogens with one attached hydrogen (secondary N) is 1. The van der Waals surface area contributed by atoms with Gasteiger partial charge in [-0.2, -0.15) is 0 Å². The van der Waals surface area contributed by atoms with Crippen LogP contribution in [-0.4, -0.2) is 22.0 Å². The van der Waals surface area contributed by atoms with Crippen LogP contribution >= 0.6 is 11.3 Å². The van der Waals surface area contributed by atoms with Crippen LogP contribution in [0.5, 0.6) is 0 Å². The predicted molar refractivity (Wildman–Crippen MR) is 90.8 cm³/mol. The molecule has 2 N–H and O–H groups in total. The average Bonchev–Trinajstić information content (AvgIpc) is 2.89. The van der Waals surface area contributed by atoms with Crippen LogP contribution < -0.4 is 5.32 Å². The number of carboxylic acid groups (broad SMARTS) is 1. The average molecular weight is 348 g/mol. The van der Waals surface area contributed by atoms with E-state index in [1.165, 1.54) is 36.0 Å². The Labute approximate surface area is 145 Å². The number of carboxylic acids is 1. The molecule has 2 atom stereocenters. The van der Waals surface area contributed by atoms with E-state index >= 15 is 0 Å². The molecule has 0 spiro atoms. The first-order valence-corrected chi connectivity index (χ1v) is 9.55. The maximum atomic E-state index is 13.0. The second-order valence-corrected chi connectivity index (χ2v) is 9.97. The maximum absolute atomic E-state index is 13.0. The molecule has 1 aromatic rings. The third-order valence-electron chi connectivity index (χ3n) is 6.28. The van der Waals surface area contributed by atoms with E-state index in [1.807, 2.05) is 0 Å². The fourth-order valence-corrected chi connectivity index (χ4v) is 7.24. The normalized spacial score (nSPS) is 39.8. The van der Waals surface area contributed by atoms with Crippen molar-refractivity contribution in [3.63, 3.8) is 0 Å². The molecule has 4 bridgehead atoms. The Hall–Kier alpha value is -1.43. The molecule has 0 saturated heterocycles. The lowest BCUT2D eigenvalue weighted by Gasteiger charge is -2.64. The Morgan fingerprint density at radius 1 is 1.25 bits per heavy atom. The number of aromatic nitrogens is 1. The highest BCUT2D eigenvalue weighted by Crippen LogP contribution is 2.69. The topological polar surface area (TPSA) is 79.3 Å². The summed E-state index contributed by atoms with van der Waals surface area (Å²) >= 11 is 1.29. The van der Waals surface area contributed by atoms with Gasteiger partial charge in [0.1, 0.15) is 5.01 Å². The summed E-state index contributed by atoms with van der Waals surface area (Å²) in [7, 11) is 0. The fourth-order valence-electron chi connectivity index (χ4n) is 6.53. The smallest absolute Gasteiger partial charge is 0.355 e. The highest BCUT2D eigenvalue weighted by molar-refractivity contribution is 7.09. The summed E-state index contributed by atoms with van der Waals surface area (Å²) in [5, 5.41) is 14.2. The van der Waals surface area contributed by atoms with E-state index in [9.17, 15) is 9.59 Å². The van der Waals surface area contributed by atoms with E-state index < -0.39 is 5.97 Å². The molecule has 5 rings (SSSR count). The minimum Gasteiger partial charge on any atom is -0.476 e. The van der Waals surface area contributed by atoms with E-state index in [1.54, 1.807) is 0 Å². The molecule has 0 aliphatic heterocycles. The lowest BCUT2D eigenvalue weighted by atomic mass is 9.40. The van der Waals surface area contributed by atoms with Crippen molar-refractivity contribution in [1.29, 1.82) is 0 Å². The van der Waals surface area contributed by atoms with Gasteiger partial charge in [-0.05, 0) is 55.3 Å². The lowest BCUT2D eigenvalue weighted by molar-refractivity contribution is -0.170. The lowest BCUT2D eigenvalue weighted by Crippen LogP contribution is -2.59. The number of hydrogen-bond donors (Lipinski definition) is 2. The number of rotatable bonds is 4. The third-order valence-corrected chi connectivity index (χ3v) is 7.13. The van der Waals surface area contributed by atoms with Crippen molar-refractivity contribution in [2.24, 2.45) is 22.2 Å². The Bertz CT molecular complexity index is 695. The van der Waals surface area contributed by atoms with Crippen LogP contribution in [0.15, 0.2) is 5.38 Å². The standard InChI is InChI=1S/C18H24N2O3S/c1-16-3-11-4-17(2,8-16)10-18(5-11,9-16)15(23)19-6-13-20-12(7-24-13)14(21)22/h7,11H,3-6,8-10H2,1-2H3,(H,19,23)(H,21,22). The largest absolute Gasteiger partial charge is 0.476 e. The number of aromatic carboxylic acids is 1. The van der Waals surface area contributed by atoms with Gasteiger partial charge in [-0.25, -0.2) is 9.78 Å². The zero-order chi connectivity index (χ0) is 17.2. The van der Waals surface area contributed by atoms with Crippen molar-refractivity contribution in [2.45, 2.75) is 58.9 Å². The third kappa shape index (κ3) is 2.55. The summed E-state index contributed by atoms with van der Waals surface area (Å²) in [5.74, 6) is -0.192. The molecule has 24 heavy (non-hydrogen) atoms. The SMILES string of the molecule is CC12CC3CC(C)(C1)CC(C(=O)NCc1nc(C(=O)O)cs1)(C3)C2. The molecular formula is C18H24N2O3S. The Balaban J connectivity index is 1.49. The Morgan fingerprint density at radius 3 is 2.46 bits per heavy atom. The van der Waals surface area contributed by atoms with Gasteiger partial charge in [-0.1, -0.05) is 13.8 Å². The van der Waals surface area contributed by atoms with E-state index in [0.29, 0.717) is 28.3 Å². The monoisotopic (exact) mass is 348 g/mol. The second-order valence-electron chi connectivity index (χ2n) is 9.02. The molecule has 1 amide bonds. The van der Waals surface area contributed by atoms with E-state index in [-0.39, 0.29) is 17.0 Å². The van der Waals surface area contributed by atoms with Gasteiger partial charge in [0.25, 0.3) is 0 Å². The minimum atomic E-state index is -1.02. The van der Waals surface area contributed by atoms with Gasteiger partial charge >= 0.3 is 5.97 Å². The molecule has 130 valence electrons.